The third kappa shape index (κ3) is 2.10. The molecule has 0 radical (unpaired) electrons. The SMILES string of the molecule is OC1CCc2ccccc2C1N1CCOCC1. The molecule has 2 unspecified atom stereocenters. The van der Waals surface area contributed by atoms with E-state index < -0.39 is 0 Å². The first-order chi connectivity index (χ1) is 8.36. The molecule has 1 aliphatic heterocycles. The predicted octanol–water partition coefficient (Wildman–Crippen LogP) is 1.37. The van der Waals surface area contributed by atoms with E-state index in [1.54, 1.807) is 0 Å². The zero-order valence-corrected chi connectivity index (χ0v) is 10.0. The molecular formula is C14H19NO2. The van der Waals surface area contributed by atoms with Crippen molar-refractivity contribution < 1.29 is 9.84 Å². The molecule has 3 heteroatoms. The van der Waals surface area contributed by atoms with Crippen LogP contribution in [0, 0.1) is 0 Å². The summed E-state index contributed by atoms with van der Waals surface area (Å²) in [6.45, 7) is 3.42. The Hall–Kier alpha value is -0.900. The van der Waals surface area contributed by atoms with E-state index in [0.717, 1.165) is 39.1 Å². The van der Waals surface area contributed by atoms with E-state index in [-0.39, 0.29) is 12.1 Å². The number of aliphatic hydroxyl groups is 1. The Morgan fingerprint density at radius 1 is 1.18 bits per heavy atom. The average Bonchev–Trinajstić information content (AvgIpc) is 2.39. The third-order valence-corrected chi connectivity index (χ3v) is 3.89. The lowest BCUT2D eigenvalue weighted by atomic mass is 9.84. The molecule has 2 aliphatic rings. The molecule has 1 aromatic rings. The second-order valence-electron chi connectivity index (χ2n) is 4.90. The van der Waals surface area contributed by atoms with Crippen LogP contribution in [0.5, 0.6) is 0 Å². The van der Waals surface area contributed by atoms with Crippen molar-refractivity contribution in [3.63, 3.8) is 0 Å². The number of aliphatic hydroxyl groups excluding tert-OH is 1. The summed E-state index contributed by atoms with van der Waals surface area (Å²) in [4.78, 5) is 2.37. The summed E-state index contributed by atoms with van der Waals surface area (Å²) in [5.74, 6) is 0. The average molecular weight is 233 g/mol. The van der Waals surface area contributed by atoms with Crippen LogP contribution in [-0.2, 0) is 11.2 Å². The molecule has 2 atom stereocenters. The molecule has 1 aliphatic carbocycles. The number of ether oxygens (including phenoxy) is 1. The molecule has 1 N–H and O–H groups in total. The van der Waals surface area contributed by atoms with E-state index in [9.17, 15) is 5.11 Å². The van der Waals surface area contributed by atoms with Crippen molar-refractivity contribution in [2.75, 3.05) is 26.3 Å². The minimum absolute atomic E-state index is 0.170. The van der Waals surface area contributed by atoms with Gasteiger partial charge in [0.2, 0.25) is 0 Å². The summed E-state index contributed by atoms with van der Waals surface area (Å²) in [5.41, 5.74) is 2.71. The molecular weight excluding hydrogens is 214 g/mol. The minimum Gasteiger partial charge on any atom is -0.391 e. The van der Waals surface area contributed by atoms with E-state index in [1.807, 2.05) is 0 Å². The van der Waals surface area contributed by atoms with Gasteiger partial charge >= 0.3 is 0 Å². The van der Waals surface area contributed by atoms with Gasteiger partial charge in [0.1, 0.15) is 0 Å². The van der Waals surface area contributed by atoms with E-state index in [0.29, 0.717) is 0 Å². The molecule has 1 heterocycles. The molecule has 92 valence electrons. The van der Waals surface area contributed by atoms with Crippen molar-refractivity contribution in [2.45, 2.75) is 25.0 Å². The maximum absolute atomic E-state index is 10.3. The summed E-state index contributed by atoms with van der Waals surface area (Å²) in [6.07, 6.45) is 1.64. The van der Waals surface area contributed by atoms with Gasteiger partial charge in [0.25, 0.3) is 0 Å². The Labute approximate surface area is 102 Å². The highest BCUT2D eigenvalue weighted by molar-refractivity contribution is 5.33. The van der Waals surface area contributed by atoms with Crippen molar-refractivity contribution in [1.82, 2.24) is 4.90 Å². The van der Waals surface area contributed by atoms with Crippen molar-refractivity contribution in [3.8, 4) is 0 Å². The number of benzene rings is 1. The lowest BCUT2D eigenvalue weighted by molar-refractivity contribution is -0.0283. The van der Waals surface area contributed by atoms with Crippen molar-refractivity contribution in [3.05, 3.63) is 35.4 Å². The summed E-state index contributed by atoms with van der Waals surface area (Å²) in [7, 11) is 0. The molecule has 0 saturated carbocycles. The fourth-order valence-corrected chi connectivity index (χ4v) is 3.01. The normalized spacial score (nSPS) is 29.9. The number of morpholine rings is 1. The minimum atomic E-state index is -0.233. The topological polar surface area (TPSA) is 32.7 Å². The highest BCUT2D eigenvalue weighted by Crippen LogP contribution is 2.34. The van der Waals surface area contributed by atoms with Crippen LogP contribution < -0.4 is 0 Å². The summed E-state index contributed by atoms with van der Waals surface area (Å²) >= 11 is 0. The van der Waals surface area contributed by atoms with Gasteiger partial charge in [-0.25, -0.2) is 0 Å². The first-order valence-corrected chi connectivity index (χ1v) is 6.44. The Morgan fingerprint density at radius 3 is 2.76 bits per heavy atom. The number of fused-ring (bicyclic) bond motifs is 1. The zero-order chi connectivity index (χ0) is 11.7. The van der Waals surface area contributed by atoms with Crippen LogP contribution in [0.25, 0.3) is 0 Å². The lowest BCUT2D eigenvalue weighted by Crippen LogP contribution is -2.45. The van der Waals surface area contributed by atoms with Gasteiger partial charge in [-0.1, -0.05) is 24.3 Å². The molecule has 3 nitrogen and oxygen atoms in total. The maximum atomic E-state index is 10.3. The van der Waals surface area contributed by atoms with Gasteiger partial charge in [0.15, 0.2) is 0 Å². The molecule has 0 spiro atoms. The van der Waals surface area contributed by atoms with Crippen molar-refractivity contribution >= 4 is 0 Å². The summed E-state index contributed by atoms with van der Waals surface area (Å²) < 4.78 is 5.39. The van der Waals surface area contributed by atoms with E-state index >= 15 is 0 Å². The molecule has 3 rings (SSSR count). The third-order valence-electron chi connectivity index (χ3n) is 3.89. The number of hydrogen-bond donors (Lipinski definition) is 1. The monoisotopic (exact) mass is 233 g/mol. The van der Waals surface area contributed by atoms with Gasteiger partial charge in [-0.2, -0.15) is 0 Å². The van der Waals surface area contributed by atoms with Crippen LogP contribution in [-0.4, -0.2) is 42.4 Å². The number of aryl methyl sites for hydroxylation is 1. The van der Waals surface area contributed by atoms with Crippen molar-refractivity contribution in [1.29, 1.82) is 0 Å². The van der Waals surface area contributed by atoms with Gasteiger partial charge in [-0.3, -0.25) is 4.90 Å². The van der Waals surface area contributed by atoms with Gasteiger partial charge < -0.3 is 9.84 Å². The highest BCUT2D eigenvalue weighted by atomic mass is 16.5. The van der Waals surface area contributed by atoms with E-state index in [2.05, 4.69) is 29.2 Å². The van der Waals surface area contributed by atoms with Crippen LogP contribution in [0.3, 0.4) is 0 Å². The van der Waals surface area contributed by atoms with Crippen molar-refractivity contribution in [2.24, 2.45) is 0 Å². The van der Waals surface area contributed by atoms with Crippen LogP contribution in [0.2, 0.25) is 0 Å². The molecule has 1 aromatic carbocycles. The zero-order valence-electron chi connectivity index (χ0n) is 10.0. The van der Waals surface area contributed by atoms with E-state index in [4.69, 9.17) is 4.74 Å². The second-order valence-corrected chi connectivity index (χ2v) is 4.90. The smallest absolute Gasteiger partial charge is 0.0740 e. The van der Waals surface area contributed by atoms with Gasteiger partial charge in [-0.15, -0.1) is 0 Å². The molecule has 0 amide bonds. The van der Waals surface area contributed by atoms with Crippen LogP contribution in [0.4, 0.5) is 0 Å². The Bertz CT molecular complexity index is 388. The van der Waals surface area contributed by atoms with Gasteiger partial charge in [0.05, 0.1) is 25.4 Å². The molecule has 0 aromatic heterocycles. The maximum Gasteiger partial charge on any atom is 0.0740 e. The van der Waals surface area contributed by atoms with Crippen LogP contribution in [0.1, 0.15) is 23.6 Å². The fourth-order valence-electron chi connectivity index (χ4n) is 3.01. The first kappa shape index (κ1) is 11.2. The van der Waals surface area contributed by atoms with Crippen LogP contribution in [0.15, 0.2) is 24.3 Å². The standard InChI is InChI=1S/C14H19NO2/c16-13-6-5-11-3-1-2-4-12(11)14(13)15-7-9-17-10-8-15/h1-4,13-14,16H,5-10H2. The number of rotatable bonds is 1. The second kappa shape index (κ2) is 4.77. The lowest BCUT2D eigenvalue weighted by Gasteiger charge is -2.40. The molecule has 1 saturated heterocycles. The number of nitrogens with zero attached hydrogens (tertiary/aromatic N) is 1. The molecule has 17 heavy (non-hydrogen) atoms. The Morgan fingerprint density at radius 2 is 1.94 bits per heavy atom. The first-order valence-electron chi connectivity index (χ1n) is 6.44. The molecule has 0 bridgehead atoms. The Kier molecular flexibility index (Phi) is 3.14. The predicted molar refractivity (Wildman–Crippen MR) is 65.9 cm³/mol. The largest absolute Gasteiger partial charge is 0.391 e. The van der Waals surface area contributed by atoms with Crippen LogP contribution >= 0.6 is 0 Å². The van der Waals surface area contributed by atoms with Gasteiger partial charge in [0, 0.05) is 13.1 Å². The van der Waals surface area contributed by atoms with E-state index in [1.165, 1.54) is 11.1 Å². The molecule has 1 fully saturated rings. The van der Waals surface area contributed by atoms with Gasteiger partial charge in [-0.05, 0) is 24.0 Å². The number of hydrogen-bond acceptors (Lipinski definition) is 3. The quantitative estimate of drug-likeness (QED) is 0.795. The Balaban J connectivity index is 1.91. The summed E-state index contributed by atoms with van der Waals surface area (Å²) in [5, 5.41) is 10.3. The fraction of sp³-hybridized carbons (Fsp3) is 0.571. The highest BCUT2D eigenvalue weighted by Gasteiger charge is 2.33. The summed E-state index contributed by atoms with van der Waals surface area (Å²) in [6, 6.07) is 8.69.